The van der Waals surface area contributed by atoms with Gasteiger partial charge in [0.2, 0.25) is 0 Å². The highest BCUT2D eigenvalue weighted by atomic mass is 32.2. The number of piperidine rings is 2. The van der Waals surface area contributed by atoms with Gasteiger partial charge in [0.25, 0.3) is 15.9 Å². The maximum absolute atomic E-state index is 13.8. The largest absolute Gasteiger partial charge is 0.337 e. The maximum Gasteiger partial charge on any atom is 0.271 e. The van der Waals surface area contributed by atoms with E-state index in [9.17, 15) is 13.2 Å². The summed E-state index contributed by atoms with van der Waals surface area (Å²) >= 11 is 1.72. The van der Waals surface area contributed by atoms with E-state index in [1.165, 1.54) is 10.4 Å². The summed E-state index contributed by atoms with van der Waals surface area (Å²) in [5, 5.41) is 0.771. The average molecular weight is 512 g/mol. The number of carbonyl (C=O) groups is 1. The summed E-state index contributed by atoms with van der Waals surface area (Å²) in [6, 6.07) is 16.0. The highest BCUT2D eigenvalue weighted by Crippen LogP contribution is 2.34. The lowest BCUT2D eigenvalue weighted by molar-refractivity contribution is 0.0717. The van der Waals surface area contributed by atoms with Gasteiger partial charge in [-0.1, -0.05) is 32.0 Å². The number of fused-ring (bicyclic) bond motifs is 1. The summed E-state index contributed by atoms with van der Waals surface area (Å²) in [7, 11) is -3.94. The fourth-order valence-corrected chi connectivity index (χ4v) is 8.21. The van der Waals surface area contributed by atoms with Crippen LogP contribution in [0.25, 0.3) is 10.9 Å². The van der Waals surface area contributed by atoms with Crippen LogP contribution in [0.2, 0.25) is 0 Å². The Labute approximate surface area is 212 Å². The van der Waals surface area contributed by atoms with Crippen LogP contribution in [0, 0.1) is 11.8 Å². The highest BCUT2D eigenvalue weighted by molar-refractivity contribution is 7.97. The molecule has 3 aromatic rings. The molecule has 1 aromatic heterocycles. The molecule has 2 fully saturated rings. The van der Waals surface area contributed by atoms with Gasteiger partial charge in [0.15, 0.2) is 0 Å². The van der Waals surface area contributed by atoms with Crippen molar-refractivity contribution in [2.45, 2.75) is 49.3 Å². The Bertz CT molecular complexity index is 1300. The molecule has 0 saturated carbocycles. The van der Waals surface area contributed by atoms with Crippen molar-refractivity contribution >= 4 is 38.8 Å². The number of nitrogens with zero attached hydrogens (tertiary/aromatic N) is 3. The predicted octanol–water partition coefficient (Wildman–Crippen LogP) is 5.49. The zero-order valence-electron chi connectivity index (χ0n) is 20.4. The lowest BCUT2D eigenvalue weighted by Gasteiger charge is -2.33. The molecule has 2 atom stereocenters. The Morgan fingerprint density at radius 2 is 1.60 bits per heavy atom. The monoisotopic (exact) mass is 511 g/mol. The molecule has 0 spiro atoms. The van der Waals surface area contributed by atoms with E-state index >= 15 is 0 Å². The van der Waals surface area contributed by atoms with Crippen molar-refractivity contribution in [1.82, 2.24) is 13.2 Å². The van der Waals surface area contributed by atoms with E-state index in [1.807, 2.05) is 18.2 Å². The second-order valence-electron chi connectivity index (χ2n) is 10.1. The molecule has 0 N–H and O–H groups in total. The van der Waals surface area contributed by atoms with Crippen LogP contribution < -0.4 is 0 Å². The molecule has 2 saturated heterocycles. The van der Waals surface area contributed by atoms with Gasteiger partial charge < -0.3 is 4.90 Å². The molecule has 6 nitrogen and oxygen atoms in total. The Balaban J connectivity index is 1.57. The normalized spacial score (nSPS) is 21.9. The molecule has 0 radical (unpaired) electrons. The smallest absolute Gasteiger partial charge is 0.271 e. The molecule has 0 bridgehead atoms. The molecular weight excluding hydrogens is 478 g/mol. The first kappa shape index (κ1) is 24.4. The van der Waals surface area contributed by atoms with Gasteiger partial charge in [0.1, 0.15) is 5.69 Å². The molecule has 8 heteroatoms. The third-order valence-electron chi connectivity index (χ3n) is 6.94. The molecule has 1 amide bonds. The van der Waals surface area contributed by atoms with Crippen LogP contribution in [0.1, 0.15) is 50.0 Å². The molecular formula is C27H33N3O3S2. The van der Waals surface area contributed by atoms with Gasteiger partial charge >= 0.3 is 0 Å². The number of benzene rings is 2. The molecule has 2 aliphatic heterocycles. The van der Waals surface area contributed by atoms with Gasteiger partial charge in [-0.05, 0) is 85.9 Å². The summed E-state index contributed by atoms with van der Waals surface area (Å²) in [4.78, 5) is 16.6. The molecule has 2 aromatic carbocycles. The van der Waals surface area contributed by atoms with E-state index in [4.69, 9.17) is 0 Å². The summed E-state index contributed by atoms with van der Waals surface area (Å²) in [6.45, 7) is 7.99. The van der Waals surface area contributed by atoms with E-state index in [0.29, 0.717) is 30.4 Å². The Morgan fingerprint density at radius 3 is 2.29 bits per heavy atom. The number of amides is 1. The lowest BCUT2D eigenvalue weighted by Crippen LogP contribution is -2.37. The van der Waals surface area contributed by atoms with Crippen LogP contribution in [0.5, 0.6) is 0 Å². The quantitative estimate of drug-likeness (QED) is 0.424. The van der Waals surface area contributed by atoms with Gasteiger partial charge in [-0.15, -0.1) is 0 Å². The predicted molar refractivity (Wildman–Crippen MR) is 141 cm³/mol. The Hall–Kier alpha value is -2.29. The van der Waals surface area contributed by atoms with Gasteiger partial charge in [-0.2, -0.15) is 0 Å². The van der Waals surface area contributed by atoms with Crippen molar-refractivity contribution in [2.75, 3.05) is 26.2 Å². The highest BCUT2D eigenvalue weighted by Gasteiger charge is 2.30. The SMILES string of the molecule is CC1CC(C)CN(Sc2ccc3c(c2)cc(C(=O)N2CCCCC2)n3S(=O)(=O)c2ccccc2)C1. The Morgan fingerprint density at radius 1 is 0.914 bits per heavy atom. The molecule has 35 heavy (non-hydrogen) atoms. The number of aromatic nitrogens is 1. The fourth-order valence-electron chi connectivity index (χ4n) is 5.42. The minimum atomic E-state index is -3.94. The van der Waals surface area contributed by atoms with Crippen LogP contribution >= 0.6 is 11.9 Å². The third kappa shape index (κ3) is 5.01. The maximum atomic E-state index is 13.8. The lowest BCUT2D eigenvalue weighted by atomic mass is 9.94. The van der Waals surface area contributed by atoms with Crippen molar-refractivity contribution in [2.24, 2.45) is 11.8 Å². The number of hydrogen-bond acceptors (Lipinski definition) is 5. The summed E-state index contributed by atoms with van der Waals surface area (Å²) < 4.78 is 31.2. The number of carbonyl (C=O) groups excluding carboxylic acids is 1. The molecule has 5 rings (SSSR count). The van der Waals surface area contributed by atoms with E-state index in [1.54, 1.807) is 53.2 Å². The molecule has 3 heterocycles. The molecule has 2 aliphatic rings. The van der Waals surface area contributed by atoms with Crippen molar-refractivity contribution in [3.8, 4) is 0 Å². The van der Waals surface area contributed by atoms with Gasteiger partial charge in [0, 0.05) is 36.5 Å². The van der Waals surface area contributed by atoms with Gasteiger partial charge in [-0.25, -0.2) is 16.7 Å². The van der Waals surface area contributed by atoms with E-state index in [0.717, 1.165) is 42.6 Å². The first-order valence-corrected chi connectivity index (χ1v) is 14.7. The minimum absolute atomic E-state index is 0.180. The van der Waals surface area contributed by atoms with Crippen LogP contribution in [0.4, 0.5) is 0 Å². The van der Waals surface area contributed by atoms with E-state index < -0.39 is 10.0 Å². The molecule has 186 valence electrons. The average Bonchev–Trinajstić information content (AvgIpc) is 3.23. The molecule has 2 unspecified atom stereocenters. The second kappa shape index (κ2) is 9.99. The topological polar surface area (TPSA) is 62.6 Å². The fraction of sp³-hybridized carbons (Fsp3) is 0.444. The van der Waals surface area contributed by atoms with Gasteiger partial charge in [-0.3, -0.25) is 4.79 Å². The van der Waals surface area contributed by atoms with Crippen LogP contribution in [0.15, 0.2) is 64.4 Å². The third-order valence-corrected chi connectivity index (χ3v) is 9.71. The van der Waals surface area contributed by atoms with Gasteiger partial charge in [0.05, 0.1) is 10.4 Å². The van der Waals surface area contributed by atoms with E-state index in [2.05, 4.69) is 18.2 Å². The van der Waals surface area contributed by atoms with Crippen molar-refractivity contribution < 1.29 is 13.2 Å². The van der Waals surface area contributed by atoms with Crippen LogP contribution in [-0.2, 0) is 10.0 Å². The number of likely N-dealkylation sites (tertiary alicyclic amines) is 1. The zero-order chi connectivity index (χ0) is 24.6. The van der Waals surface area contributed by atoms with Crippen LogP contribution in [0.3, 0.4) is 0 Å². The van der Waals surface area contributed by atoms with E-state index in [-0.39, 0.29) is 16.5 Å². The molecule has 0 aliphatic carbocycles. The van der Waals surface area contributed by atoms with Crippen molar-refractivity contribution in [3.05, 3.63) is 60.3 Å². The Kier molecular flexibility index (Phi) is 6.97. The summed E-state index contributed by atoms with van der Waals surface area (Å²) in [6.07, 6.45) is 4.25. The van der Waals surface area contributed by atoms with Crippen molar-refractivity contribution in [3.63, 3.8) is 0 Å². The first-order chi connectivity index (χ1) is 16.8. The first-order valence-electron chi connectivity index (χ1n) is 12.5. The summed E-state index contributed by atoms with van der Waals surface area (Å²) in [5.74, 6) is 1.09. The number of rotatable bonds is 5. The van der Waals surface area contributed by atoms with Crippen molar-refractivity contribution in [1.29, 1.82) is 0 Å². The standard InChI is InChI=1S/C27H33N3O3S2/c1-20-15-21(2)19-29(18-20)34-23-11-12-25-22(16-23)17-26(27(31)28-13-7-4-8-14-28)30(25)35(32,33)24-9-5-3-6-10-24/h3,5-6,9-12,16-17,20-21H,4,7-8,13-15,18-19H2,1-2H3. The zero-order valence-corrected chi connectivity index (χ0v) is 22.0. The van der Waals surface area contributed by atoms with Crippen LogP contribution in [-0.4, -0.2) is 53.7 Å². The summed E-state index contributed by atoms with van der Waals surface area (Å²) in [5.41, 5.74) is 0.757. The second-order valence-corrected chi connectivity index (χ2v) is 13.0. The number of hydrogen-bond donors (Lipinski definition) is 0. The minimum Gasteiger partial charge on any atom is -0.337 e.